The van der Waals surface area contributed by atoms with E-state index in [1.165, 1.54) is 4.90 Å². The van der Waals surface area contributed by atoms with Crippen molar-refractivity contribution in [1.82, 2.24) is 0 Å². The Labute approximate surface area is 148 Å². The van der Waals surface area contributed by atoms with Gasteiger partial charge < -0.3 is 14.6 Å². The van der Waals surface area contributed by atoms with Crippen LogP contribution >= 0.6 is 15.9 Å². The van der Waals surface area contributed by atoms with E-state index in [0.29, 0.717) is 13.0 Å². The molecule has 0 aliphatic carbocycles. The van der Waals surface area contributed by atoms with Crippen LogP contribution < -0.4 is 9.64 Å². The third kappa shape index (κ3) is 3.39. The monoisotopic (exact) mass is 391 g/mol. The number of nitrogens with zero attached hydrogens (tertiary/aromatic N) is 1. The van der Waals surface area contributed by atoms with Gasteiger partial charge in [0.05, 0.1) is 25.4 Å². The molecular weight excluding hydrogens is 374 g/mol. The molecular formula is C18H18BrNO4. The summed E-state index contributed by atoms with van der Waals surface area (Å²) in [6.45, 7) is 0.368. The number of rotatable bonds is 5. The largest absolute Gasteiger partial charge is 0.497 e. The summed E-state index contributed by atoms with van der Waals surface area (Å²) in [6.07, 6.45) is -0.351. The smallest absolute Gasteiger partial charge is 0.412 e. The molecule has 0 spiro atoms. The van der Waals surface area contributed by atoms with E-state index in [1.807, 2.05) is 48.5 Å². The number of hydrogen-bond donors (Lipinski definition) is 1. The van der Waals surface area contributed by atoms with E-state index in [4.69, 9.17) is 9.47 Å². The second kappa shape index (κ2) is 7.23. The van der Waals surface area contributed by atoms with E-state index in [1.54, 1.807) is 7.11 Å². The fourth-order valence-electron chi connectivity index (χ4n) is 2.92. The number of hydrogen-bond acceptors (Lipinski definition) is 3. The molecule has 24 heavy (non-hydrogen) atoms. The number of carboxylic acid groups (broad SMARTS) is 1. The number of methoxy groups -OCH3 is 1. The van der Waals surface area contributed by atoms with Gasteiger partial charge in [0, 0.05) is 0 Å². The van der Waals surface area contributed by atoms with Gasteiger partial charge in [0.15, 0.2) is 0 Å². The molecule has 0 bridgehead atoms. The first-order valence-electron chi connectivity index (χ1n) is 7.59. The average molecular weight is 392 g/mol. The molecule has 126 valence electrons. The molecule has 1 aliphatic rings. The van der Waals surface area contributed by atoms with Gasteiger partial charge in [0.1, 0.15) is 10.8 Å². The Hall–Kier alpha value is -2.05. The molecule has 2 unspecified atom stereocenters. The van der Waals surface area contributed by atoms with Crippen molar-refractivity contribution in [2.24, 2.45) is 0 Å². The van der Waals surface area contributed by atoms with Gasteiger partial charge in [-0.05, 0) is 35.7 Å². The minimum Gasteiger partial charge on any atom is -0.497 e. The van der Waals surface area contributed by atoms with Crippen LogP contribution in [0.25, 0.3) is 0 Å². The van der Waals surface area contributed by atoms with Crippen LogP contribution in [-0.2, 0) is 17.8 Å². The maximum atomic E-state index is 11.7. The van der Waals surface area contributed by atoms with Gasteiger partial charge in [-0.25, -0.2) is 4.79 Å². The number of ether oxygens (including phenoxy) is 2. The van der Waals surface area contributed by atoms with Crippen molar-refractivity contribution in [3.8, 4) is 5.75 Å². The minimum atomic E-state index is -0.973. The highest BCUT2D eigenvalue weighted by Gasteiger charge is 2.38. The molecule has 2 atom stereocenters. The Morgan fingerprint density at radius 2 is 2.12 bits per heavy atom. The first-order valence-corrected chi connectivity index (χ1v) is 8.50. The fourth-order valence-corrected chi connectivity index (χ4v) is 3.47. The summed E-state index contributed by atoms with van der Waals surface area (Å²) >= 11 is 3.51. The molecule has 0 saturated carbocycles. The second-order valence-electron chi connectivity index (χ2n) is 5.57. The highest BCUT2D eigenvalue weighted by molar-refractivity contribution is 9.09. The van der Waals surface area contributed by atoms with Crippen LogP contribution in [0.15, 0.2) is 48.5 Å². The second-order valence-corrected chi connectivity index (χ2v) is 6.47. The Kier molecular flexibility index (Phi) is 5.06. The van der Waals surface area contributed by atoms with Gasteiger partial charge >= 0.3 is 6.09 Å². The van der Waals surface area contributed by atoms with Gasteiger partial charge in [-0.2, -0.15) is 0 Å². The van der Waals surface area contributed by atoms with Gasteiger partial charge in [0.2, 0.25) is 0 Å². The molecule has 3 rings (SSSR count). The van der Waals surface area contributed by atoms with Crippen LogP contribution in [0.3, 0.4) is 0 Å². The van der Waals surface area contributed by atoms with Crippen molar-refractivity contribution in [2.75, 3.05) is 12.0 Å². The van der Waals surface area contributed by atoms with Gasteiger partial charge in [0.25, 0.3) is 0 Å². The lowest BCUT2D eigenvalue weighted by Crippen LogP contribution is -2.43. The lowest BCUT2D eigenvalue weighted by atomic mass is 10.1. The van der Waals surface area contributed by atoms with E-state index in [0.717, 1.165) is 22.6 Å². The molecule has 1 N–H and O–H groups in total. The predicted octanol–water partition coefficient (Wildman–Crippen LogP) is 4.04. The predicted molar refractivity (Wildman–Crippen MR) is 94.9 cm³/mol. The summed E-state index contributed by atoms with van der Waals surface area (Å²) in [5.41, 5.74) is 2.71. The summed E-state index contributed by atoms with van der Waals surface area (Å²) in [5.74, 6) is 0.766. The van der Waals surface area contributed by atoms with Crippen molar-refractivity contribution < 1.29 is 19.4 Å². The number of halogens is 1. The molecule has 2 aromatic rings. The molecule has 2 aromatic carbocycles. The highest BCUT2D eigenvalue weighted by Crippen LogP contribution is 2.35. The zero-order valence-corrected chi connectivity index (χ0v) is 14.8. The van der Waals surface area contributed by atoms with E-state index in [2.05, 4.69) is 15.9 Å². The SMILES string of the molecule is COc1cccc(COC(Br)C2Cc3ccccc3N2C(=O)O)c1. The van der Waals surface area contributed by atoms with Crippen LogP contribution in [0.1, 0.15) is 11.1 Å². The maximum absolute atomic E-state index is 11.7. The average Bonchev–Trinajstić information content (AvgIpc) is 2.99. The number of alkyl halides is 1. The topological polar surface area (TPSA) is 59.0 Å². The van der Waals surface area contributed by atoms with E-state index in [-0.39, 0.29) is 6.04 Å². The molecule has 1 aliphatic heterocycles. The molecule has 0 fully saturated rings. The van der Waals surface area contributed by atoms with Crippen molar-refractivity contribution in [3.05, 3.63) is 59.7 Å². The summed E-state index contributed by atoms with van der Waals surface area (Å²) in [4.78, 5) is 13.0. The number of fused-ring (bicyclic) bond motifs is 1. The van der Waals surface area contributed by atoms with Gasteiger partial charge in [-0.15, -0.1) is 0 Å². The van der Waals surface area contributed by atoms with E-state index < -0.39 is 11.1 Å². The Morgan fingerprint density at radius 1 is 1.33 bits per heavy atom. The van der Waals surface area contributed by atoms with Crippen molar-refractivity contribution in [3.63, 3.8) is 0 Å². The zero-order valence-electron chi connectivity index (χ0n) is 13.2. The lowest BCUT2D eigenvalue weighted by molar-refractivity contribution is 0.0858. The van der Waals surface area contributed by atoms with E-state index >= 15 is 0 Å². The zero-order chi connectivity index (χ0) is 17.1. The summed E-state index contributed by atoms with van der Waals surface area (Å²) in [6, 6.07) is 14.9. The molecule has 0 aromatic heterocycles. The number of benzene rings is 2. The quantitative estimate of drug-likeness (QED) is 0.781. The normalized spacial score (nSPS) is 17.4. The van der Waals surface area contributed by atoms with Crippen LogP contribution in [0.2, 0.25) is 0 Å². The van der Waals surface area contributed by atoms with Crippen molar-refractivity contribution in [2.45, 2.75) is 24.1 Å². The molecule has 0 saturated heterocycles. The fraction of sp³-hybridized carbons (Fsp3) is 0.278. The van der Waals surface area contributed by atoms with Crippen LogP contribution in [0.4, 0.5) is 10.5 Å². The van der Waals surface area contributed by atoms with Gasteiger partial charge in [-0.3, -0.25) is 4.90 Å². The summed E-state index contributed by atoms with van der Waals surface area (Å²) in [5, 5.41) is 9.16. The van der Waals surface area contributed by atoms with Crippen LogP contribution in [0, 0.1) is 0 Å². The molecule has 1 amide bonds. The minimum absolute atomic E-state index is 0.300. The number of anilines is 1. The number of amides is 1. The molecule has 1 heterocycles. The first-order chi connectivity index (χ1) is 11.6. The maximum Gasteiger partial charge on any atom is 0.412 e. The highest BCUT2D eigenvalue weighted by atomic mass is 79.9. The van der Waals surface area contributed by atoms with Gasteiger partial charge in [-0.1, -0.05) is 46.3 Å². The lowest BCUT2D eigenvalue weighted by Gasteiger charge is -2.26. The Bertz CT molecular complexity index is 736. The van der Waals surface area contributed by atoms with Crippen LogP contribution in [-0.4, -0.2) is 29.4 Å². The molecule has 5 nitrogen and oxygen atoms in total. The summed E-state index contributed by atoms with van der Waals surface area (Å²) in [7, 11) is 1.62. The van der Waals surface area contributed by atoms with Crippen LogP contribution in [0.5, 0.6) is 5.75 Å². The molecule has 6 heteroatoms. The van der Waals surface area contributed by atoms with Crippen molar-refractivity contribution in [1.29, 1.82) is 0 Å². The first kappa shape index (κ1) is 16.8. The molecule has 0 radical (unpaired) electrons. The van der Waals surface area contributed by atoms with E-state index in [9.17, 15) is 9.90 Å². The third-order valence-corrected chi connectivity index (χ3v) is 4.94. The number of carbonyl (C=O) groups is 1. The Morgan fingerprint density at radius 3 is 2.88 bits per heavy atom. The summed E-state index contributed by atoms with van der Waals surface area (Å²) < 4.78 is 11.1. The number of para-hydroxylation sites is 1. The van der Waals surface area contributed by atoms with Crippen molar-refractivity contribution >= 4 is 27.7 Å². The standard InChI is InChI=1S/C18H18BrNO4/c1-23-14-7-4-5-12(9-14)11-24-17(19)16-10-13-6-2-3-8-15(13)20(16)18(21)22/h2-9,16-17H,10-11H2,1H3,(H,21,22). The Balaban J connectivity index is 1.70. The third-order valence-electron chi connectivity index (χ3n) is 4.06.